The van der Waals surface area contributed by atoms with Crippen molar-refractivity contribution in [3.05, 3.63) is 47.3 Å². The second-order valence-corrected chi connectivity index (χ2v) is 7.18. The first-order valence-electron chi connectivity index (χ1n) is 9.90. The number of benzene rings is 1. The third-order valence-electron chi connectivity index (χ3n) is 4.81. The maximum Gasteiger partial charge on any atom is 0.191 e. The standard InChI is InChI=1S/C21H31N5O2/c1-16-6-7-18(20(11-16)28-15-19-5-4-10-27-19)13-24-21(22-2)23-9-8-17-12-25-26(3)14-17/h6-7,11-12,14,19H,4-5,8-10,13,15H2,1-3H3,(H2,22,23,24). The summed E-state index contributed by atoms with van der Waals surface area (Å²) in [6.07, 6.45) is 7.23. The molecule has 1 aliphatic heterocycles. The minimum atomic E-state index is 0.211. The normalized spacial score (nSPS) is 17.0. The van der Waals surface area contributed by atoms with E-state index in [0.29, 0.717) is 13.2 Å². The molecule has 1 saturated heterocycles. The first-order chi connectivity index (χ1) is 13.6. The first kappa shape index (κ1) is 20.2. The molecule has 1 atom stereocenters. The molecule has 152 valence electrons. The molecule has 1 aromatic carbocycles. The van der Waals surface area contributed by atoms with Crippen molar-refractivity contribution in [1.29, 1.82) is 0 Å². The van der Waals surface area contributed by atoms with E-state index in [1.54, 1.807) is 7.05 Å². The zero-order valence-electron chi connectivity index (χ0n) is 17.1. The molecule has 2 aromatic rings. The van der Waals surface area contributed by atoms with Crippen molar-refractivity contribution in [2.75, 3.05) is 26.8 Å². The Hall–Kier alpha value is -2.54. The third kappa shape index (κ3) is 5.99. The van der Waals surface area contributed by atoms with Crippen molar-refractivity contribution >= 4 is 5.96 Å². The van der Waals surface area contributed by atoms with Gasteiger partial charge < -0.3 is 20.1 Å². The van der Waals surface area contributed by atoms with E-state index in [4.69, 9.17) is 9.47 Å². The second-order valence-electron chi connectivity index (χ2n) is 7.18. The molecule has 3 rings (SSSR count). The van der Waals surface area contributed by atoms with E-state index in [9.17, 15) is 0 Å². The number of aliphatic imine (C=N–C) groups is 1. The van der Waals surface area contributed by atoms with Crippen LogP contribution in [0.1, 0.15) is 29.5 Å². The summed E-state index contributed by atoms with van der Waals surface area (Å²) in [6, 6.07) is 6.30. The smallest absolute Gasteiger partial charge is 0.191 e. The minimum Gasteiger partial charge on any atom is -0.491 e. The monoisotopic (exact) mass is 385 g/mol. The van der Waals surface area contributed by atoms with Crippen molar-refractivity contribution in [3.8, 4) is 5.75 Å². The minimum absolute atomic E-state index is 0.211. The fraction of sp³-hybridized carbons (Fsp3) is 0.524. The van der Waals surface area contributed by atoms with Gasteiger partial charge >= 0.3 is 0 Å². The topological polar surface area (TPSA) is 72.7 Å². The Morgan fingerprint density at radius 2 is 2.29 bits per heavy atom. The molecule has 1 fully saturated rings. The maximum atomic E-state index is 6.07. The number of ether oxygens (including phenoxy) is 2. The Balaban J connectivity index is 1.50. The molecule has 0 saturated carbocycles. The highest BCUT2D eigenvalue weighted by Gasteiger charge is 2.17. The molecule has 7 heteroatoms. The van der Waals surface area contributed by atoms with Gasteiger partial charge in [-0.15, -0.1) is 0 Å². The Bertz CT molecular complexity index is 781. The van der Waals surface area contributed by atoms with Crippen LogP contribution in [0.15, 0.2) is 35.6 Å². The lowest BCUT2D eigenvalue weighted by Gasteiger charge is -2.17. The van der Waals surface area contributed by atoms with Gasteiger partial charge in [0.1, 0.15) is 12.4 Å². The van der Waals surface area contributed by atoms with Crippen molar-refractivity contribution in [3.63, 3.8) is 0 Å². The predicted molar refractivity (Wildman–Crippen MR) is 111 cm³/mol. The lowest BCUT2D eigenvalue weighted by molar-refractivity contribution is 0.0676. The summed E-state index contributed by atoms with van der Waals surface area (Å²) in [7, 11) is 3.71. The van der Waals surface area contributed by atoms with Crippen molar-refractivity contribution < 1.29 is 9.47 Å². The van der Waals surface area contributed by atoms with E-state index in [2.05, 4.69) is 45.8 Å². The van der Waals surface area contributed by atoms with Crippen LogP contribution in [0.5, 0.6) is 5.75 Å². The van der Waals surface area contributed by atoms with E-state index in [1.807, 2.05) is 24.1 Å². The summed E-state index contributed by atoms with van der Waals surface area (Å²) in [5, 5.41) is 10.9. The lowest BCUT2D eigenvalue weighted by Crippen LogP contribution is -2.38. The van der Waals surface area contributed by atoms with Crippen LogP contribution < -0.4 is 15.4 Å². The number of nitrogens with zero attached hydrogens (tertiary/aromatic N) is 3. The van der Waals surface area contributed by atoms with E-state index < -0.39 is 0 Å². The highest BCUT2D eigenvalue weighted by molar-refractivity contribution is 5.79. The van der Waals surface area contributed by atoms with Gasteiger partial charge in [0.2, 0.25) is 0 Å². The fourth-order valence-corrected chi connectivity index (χ4v) is 3.23. The predicted octanol–water partition coefficient (Wildman–Crippen LogP) is 2.19. The highest BCUT2D eigenvalue weighted by atomic mass is 16.5. The Kier molecular flexibility index (Phi) is 7.31. The molecular weight excluding hydrogens is 354 g/mol. The Labute approximate surface area is 167 Å². The number of hydrogen-bond donors (Lipinski definition) is 2. The van der Waals surface area contributed by atoms with Crippen molar-refractivity contribution in [1.82, 2.24) is 20.4 Å². The van der Waals surface area contributed by atoms with Gasteiger partial charge in [-0.3, -0.25) is 9.67 Å². The van der Waals surface area contributed by atoms with E-state index in [-0.39, 0.29) is 6.10 Å². The van der Waals surface area contributed by atoms with Crippen LogP contribution in [-0.4, -0.2) is 48.7 Å². The van der Waals surface area contributed by atoms with Crippen LogP contribution in [-0.2, 0) is 24.8 Å². The van der Waals surface area contributed by atoms with E-state index >= 15 is 0 Å². The van der Waals surface area contributed by atoms with Gasteiger partial charge in [0, 0.05) is 45.6 Å². The summed E-state index contributed by atoms with van der Waals surface area (Å²) in [4.78, 5) is 4.31. The average Bonchev–Trinajstić information content (AvgIpc) is 3.35. The lowest BCUT2D eigenvalue weighted by atomic mass is 10.1. The maximum absolute atomic E-state index is 6.07. The number of rotatable bonds is 8. The van der Waals surface area contributed by atoms with Crippen LogP contribution in [0, 0.1) is 6.92 Å². The van der Waals surface area contributed by atoms with Gasteiger partial charge in [-0.2, -0.15) is 5.10 Å². The van der Waals surface area contributed by atoms with Crippen LogP contribution in [0.3, 0.4) is 0 Å². The highest BCUT2D eigenvalue weighted by Crippen LogP contribution is 2.22. The summed E-state index contributed by atoms with van der Waals surface area (Å²) < 4.78 is 13.6. The molecule has 0 bridgehead atoms. The quantitative estimate of drug-likeness (QED) is 0.538. The second kappa shape index (κ2) is 10.1. The summed E-state index contributed by atoms with van der Waals surface area (Å²) in [5.41, 5.74) is 3.50. The zero-order valence-corrected chi connectivity index (χ0v) is 17.1. The molecule has 0 amide bonds. The molecule has 2 N–H and O–H groups in total. The molecular formula is C21H31N5O2. The molecule has 1 aromatic heterocycles. The summed E-state index contributed by atoms with van der Waals surface area (Å²) in [6.45, 7) is 4.97. The summed E-state index contributed by atoms with van der Waals surface area (Å²) >= 11 is 0. The Morgan fingerprint density at radius 1 is 1.39 bits per heavy atom. The van der Waals surface area contributed by atoms with Gasteiger partial charge in [0.15, 0.2) is 5.96 Å². The molecule has 1 unspecified atom stereocenters. The molecule has 0 radical (unpaired) electrons. The van der Waals surface area contributed by atoms with E-state index in [1.165, 1.54) is 11.1 Å². The summed E-state index contributed by atoms with van der Waals surface area (Å²) in [5.74, 6) is 1.68. The van der Waals surface area contributed by atoms with Gasteiger partial charge in [-0.1, -0.05) is 12.1 Å². The van der Waals surface area contributed by atoms with Crippen LogP contribution in [0.4, 0.5) is 0 Å². The number of aryl methyl sites for hydroxylation is 2. The molecule has 1 aliphatic rings. The molecule has 0 aliphatic carbocycles. The van der Waals surface area contributed by atoms with Gasteiger partial charge in [0.05, 0.1) is 12.3 Å². The van der Waals surface area contributed by atoms with E-state index in [0.717, 1.165) is 49.7 Å². The fourth-order valence-electron chi connectivity index (χ4n) is 3.23. The van der Waals surface area contributed by atoms with Crippen LogP contribution in [0.2, 0.25) is 0 Å². The zero-order chi connectivity index (χ0) is 19.8. The average molecular weight is 386 g/mol. The molecule has 7 nitrogen and oxygen atoms in total. The first-order valence-corrected chi connectivity index (χ1v) is 9.90. The Morgan fingerprint density at radius 3 is 3.00 bits per heavy atom. The largest absolute Gasteiger partial charge is 0.491 e. The number of nitrogens with one attached hydrogen (secondary N) is 2. The number of aromatic nitrogens is 2. The molecule has 2 heterocycles. The van der Waals surface area contributed by atoms with Gasteiger partial charge in [0.25, 0.3) is 0 Å². The van der Waals surface area contributed by atoms with Crippen molar-refractivity contribution in [2.24, 2.45) is 12.0 Å². The van der Waals surface area contributed by atoms with Gasteiger partial charge in [-0.25, -0.2) is 0 Å². The van der Waals surface area contributed by atoms with Gasteiger partial charge in [-0.05, 0) is 43.4 Å². The van der Waals surface area contributed by atoms with Crippen LogP contribution in [0.25, 0.3) is 0 Å². The SMILES string of the molecule is CN=C(NCCc1cnn(C)c1)NCc1ccc(C)cc1OCC1CCCO1. The number of hydrogen-bond acceptors (Lipinski definition) is 4. The third-order valence-corrected chi connectivity index (χ3v) is 4.81. The number of guanidine groups is 1. The van der Waals surface area contributed by atoms with Crippen molar-refractivity contribution in [2.45, 2.75) is 38.8 Å². The molecule has 28 heavy (non-hydrogen) atoms. The molecule has 0 spiro atoms. The van der Waals surface area contributed by atoms with Crippen LogP contribution >= 0.6 is 0 Å².